The number of rotatable bonds is 9. The van der Waals surface area contributed by atoms with E-state index >= 15 is 0 Å². The molecule has 5 heteroatoms. The average Bonchev–Trinajstić information content (AvgIpc) is 3.66. The van der Waals surface area contributed by atoms with Crippen molar-refractivity contribution >= 4 is 5.91 Å². The molecule has 0 atom stereocenters. The number of carbonyl (C=O) groups is 1. The number of ether oxygens (including phenoxy) is 2. The number of carbonyl (C=O) groups excluding carboxylic acids is 1. The van der Waals surface area contributed by atoms with E-state index in [0.29, 0.717) is 29.5 Å². The first-order chi connectivity index (χ1) is 15.6. The Kier molecular flexibility index (Phi) is 6.74. The van der Waals surface area contributed by atoms with Gasteiger partial charge in [0, 0.05) is 24.8 Å². The Morgan fingerprint density at radius 3 is 2.47 bits per heavy atom. The van der Waals surface area contributed by atoms with Gasteiger partial charge in [0.05, 0.1) is 25.5 Å². The van der Waals surface area contributed by atoms with Crippen LogP contribution >= 0.6 is 0 Å². The Balaban J connectivity index is 1.56. The average molecular weight is 431 g/mol. The van der Waals surface area contributed by atoms with E-state index < -0.39 is 0 Å². The van der Waals surface area contributed by atoms with E-state index in [0.717, 1.165) is 29.8 Å². The topological polar surface area (TPSA) is 51.7 Å². The van der Waals surface area contributed by atoms with Crippen molar-refractivity contribution in [3.05, 3.63) is 77.5 Å². The van der Waals surface area contributed by atoms with Crippen LogP contribution in [0.3, 0.4) is 0 Å². The molecule has 1 saturated carbocycles. The summed E-state index contributed by atoms with van der Waals surface area (Å²) < 4.78 is 10.8. The quantitative estimate of drug-likeness (QED) is 0.470. The van der Waals surface area contributed by atoms with Gasteiger partial charge in [-0.15, -0.1) is 0 Å². The minimum Gasteiger partial charge on any atom is -0.493 e. The third-order valence-corrected chi connectivity index (χ3v) is 5.94. The predicted molar refractivity (Wildman–Crippen MR) is 126 cm³/mol. The Labute approximate surface area is 190 Å². The third-order valence-electron chi connectivity index (χ3n) is 5.94. The molecule has 32 heavy (non-hydrogen) atoms. The van der Waals surface area contributed by atoms with Crippen molar-refractivity contribution in [2.75, 3.05) is 27.3 Å². The van der Waals surface area contributed by atoms with Gasteiger partial charge in [-0.05, 0) is 61.9 Å². The predicted octanol–water partition coefficient (Wildman–Crippen LogP) is 5.17. The second-order valence-electron chi connectivity index (χ2n) is 8.40. The number of benzene rings is 2. The monoisotopic (exact) mass is 430 g/mol. The lowest BCUT2D eigenvalue weighted by atomic mass is 10.0. The molecular weight excluding hydrogens is 400 g/mol. The van der Waals surface area contributed by atoms with E-state index in [-0.39, 0.29) is 5.91 Å². The first-order valence-electron chi connectivity index (χ1n) is 11.1. The lowest BCUT2D eigenvalue weighted by Crippen LogP contribution is -2.35. The second kappa shape index (κ2) is 9.86. The van der Waals surface area contributed by atoms with Crippen molar-refractivity contribution in [3.63, 3.8) is 0 Å². The van der Waals surface area contributed by atoms with E-state index in [1.54, 1.807) is 20.4 Å². The highest BCUT2D eigenvalue weighted by atomic mass is 16.5. The van der Waals surface area contributed by atoms with Crippen molar-refractivity contribution in [1.82, 2.24) is 9.88 Å². The highest BCUT2D eigenvalue weighted by Gasteiger charge is 2.28. The minimum absolute atomic E-state index is 0.0426. The maximum Gasteiger partial charge on any atom is 0.256 e. The molecule has 1 fully saturated rings. The van der Waals surface area contributed by atoms with Gasteiger partial charge in [0.1, 0.15) is 0 Å². The summed E-state index contributed by atoms with van der Waals surface area (Å²) in [5.74, 6) is 2.06. The Bertz CT molecular complexity index is 1070. The van der Waals surface area contributed by atoms with Crippen molar-refractivity contribution in [1.29, 1.82) is 0 Å². The molecule has 0 N–H and O–H groups in total. The van der Waals surface area contributed by atoms with Crippen LogP contribution in [0, 0.1) is 12.8 Å². The highest BCUT2D eigenvalue weighted by molar-refractivity contribution is 5.99. The molecule has 166 valence electrons. The molecular formula is C27H30N2O3. The molecule has 0 bridgehead atoms. The van der Waals surface area contributed by atoms with Crippen LogP contribution in [0.4, 0.5) is 0 Å². The number of pyridine rings is 1. The fraction of sp³-hybridized carbons (Fsp3) is 0.333. The molecule has 0 aliphatic heterocycles. The van der Waals surface area contributed by atoms with Gasteiger partial charge in [0.15, 0.2) is 11.5 Å². The molecule has 2 aromatic carbocycles. The molecule has 3 aromatic rings. The molecule has 1 aliphatic rings. The summed E-state index contributed by atoms with van der Waals surface area (Å²) >= 11 is 0. The smallest absolute Gasteiger partial charge is 0.256 e. The van der Waals surface area contributed by atoms with E-state index in [9.17, 15) is 4.79 Å². The number of hydrogen-bond acceptors (Lipinski definition) is 4. The molecule has 0 spiro atoms. The summed E-state index contributed by atoms with van der Waals surface area (Å²) in [6, 6.07) is 17.8. The number of hydrogen-bond donors (Lipinski definition) is 0. The Hall–Kier alpha value is -3.34. The van der Waals surface area contributed by atoms with Crippen LogP contribution in [0.15, 0.2) is 60.8 Å². The van der Waals surface area contributed by atoms with Gasteiger partial charge in [0.2, 0.25) is 0 Å². The van der Waals surface area contributed by atoms with Crippen LogP contribution in [-0.4, -0.2) is 43.1 Å². The Morgan fingerprint density at radius 1 is 1.03 bits per heavy atom. The second-order valence-corrected chi connectivity index (χ2v) is 8.40. The lowest BCUT2D eigenvalue weighted by Gasteiger charge is -2.24. The van der Waals surface area contributed by atoms with E-state index in [4.69, 9.17) is 9.47 Å². The van der Waals surface area contributed by atoms with Gasteiger partial charge in [-0.3, -0.25) is 9.78 Å². The number of nitrogens with zero attached hydrogens (tertiary/aromatic N) is 2. The van der Waals surface area contributed by atoms with Crippen molar-refractivity contribution in [2.24, 2.45) is 5.92 Å². The normalized spacial score (nSPS) is 13.0. The summed E-state index contributed by atoms with van der Waals surface area (Å²) in [5.41, 5.74) is 4.66. The Morgan fingerprint density at radius 2 is 1.78 bits per heavy atom. The molecule has 1 aliphatic carbocycles. The summed E-state index contributed by atoms with van der Waals surface area (Å²) in [7, 11) is 3.27. The largest absolute Gasteiger partial charge is 0.493 e. The van der Waals surface area contributed by atoms with Gasteiger partial charge in [0.25, 0.3) is 5.91 Å². The summed E-state index contributed by atoms with van der Waals surface area (Å²) in [4.78, 5) is 20.2. The third kappa shape index (κ3) is 5.10. The number of aryl methyl sites for hydroxylation is 1. The van der Waals surface area contributed by atoms with E-state index in [1.807, 2.05) is 47.4 Å². The van der Waals surface area contributed by atoms with Crippen molar-refractivity contribution in [3.8, 4) is 22.8 Å². The molecule has 5 nitrogen and oxygen atoms in total. The molecule has 1 heterocycles. The standard InChI is InChI=1S/C27H30N2O3/c1-19-6-11-22(12-7-19)26-23(5-4-15-28-26)27(30)29(18-21-8-9-21)16-14-20-10-13-24(31-2)25(17-20)32-3/h4-7,10-13,15,17,21H,8-9,14,16,18H2,1-3H3. The summed E-state index contributed by atoms with van der Waals surface area (Å²) in [6.07, 6.45) is 4.88. The fourth-order valence-corrected chi connectivity index (χ4v) is 3.88. The van der Waals surface area contributed by atoms with Crippen LogP contribution in [0.5, 0.6) is 11.5 Å². The number of methoxy groups -OCH3 is 2. The van der Waals surface area contributed by atoms with E-state index in [1.165, 1.54) is 18.4 Å². The first-order valence-corrected chi connectivity index (χ1v) is 11.1. The van der Waals surface area contributed by atoms with E-state index in [2.05, 4.69) is 24.0 Å². The van der Waals surface area contributed by atoms with Gasteiger partial charge in [-0.1, -0.05) is 35.9 Å². The van der Waals surface area contributed by atoms with Gasteiger partial charge in [-0.25, -0.2) is 0 Å². The lowest BCUT2D eigenvalue weighted by molar-refractivity contribution is 0.0750. The van der Waals surface area contributed by atoms with Crippen molar-refractivity contribution in [2.45, 2.75) is 26.2 Å². The molecule has 0 saturated heterocycles. The van der Waals surface area contributed by atoms with Crippen LogP contribution in [0.25, 0.3) is 11.3 Å². The SMILES string of the molecule is COc1ccc(CCN(CC2CC2)C(=O)c2cccnc2-c2ccc(C)cc2)cc1OC. The molecule has 0 radical (unpaired) electrons. The minimum atomic E-state index is 0.0426. The molecule has 1 aromatic heterocycles. The van der Waals surface area contributed by atoms with Crippen LogP contribution < -0.4 is 9.47 Å². The molecule has 4 rings (SSSR count). The maximum atomic E-state index is 13.7. The van der Waals surface area contributed by atoms with Gasteiger partial charge >= 0.3 is 0 Å². The fourth-order valence-electron chi connectivity index (χ4n) is 3.88. The van der Waals surface area contributed by atoms with Crippen LogP contribution in [0.1, 0.15) is 34.3 Å². The zero-order valence-electron chi connectivity index (χ0n) is 19.0. The highest BCUT2D eigenvalue weighted by Crippen LogP contribution is 2.32. The summed E-state index contributed by atoms with van der Waals surface area (Å²) in [6.45, 7) is 3.49. The van der Waals surface area contributed by atoms with Crippen molar-refractivity contribution < 1.29 is 14.3 Å². The number of amides is 1. The maximum absolute atomic E-state index is 13.7. The van der Waals surface area contributed by atoms with Gasteiger partial charge in [-0.2, -0.15) is 0 Å². The molecule has 0 unspecified atom stereocenters. The first kappa shape index (κ1) is 21.9. The zero-order chi connectivity index (χ0) is 22.5. The summed E-state index contributed by atoms with van der Waals surface area (Å²) in [5, 5.41) is 0. The number of aromatic nitrogens is 1. The molecule has 1 amide bonds. The van der Waals surface area contributed by atoms with Crippen LogP contribution in [-0.2, 0) is 6.42 Å². The van der Waals surface area contributed by atoms with Gasteiger partial charge < -0.3 is 14.4 Å². The zero-order valence-corrected chi connectivity index (χ0v) is 19.0. The van der Waals surface area contributed by atoms with Crippen LogP contribution in [0.2, 0.25) is 0 Å².